The monoisotopic (exact) mass is 644 g/mol. The second-order valence-corrected chi connectivity index (χ2v) is 11.7. The van der Waals surface area contributed by atoms with Gasteiger partial charge in [-0.25, -0.2) is 4.98 Å². The molecule has 2 heterocycles. The normalized spacial score (nSPS) is 17.9. The van der Waals surface area contributed by atoms with E-state index in [1.54, 1.807) is 0 Å². The van der Waals surface area contributed by atoms with Gasteiger partial charge in [-0.15, -0.1) is 0 Å². The van der Waals surface area contributed by atoms with Gasteiger partial charge in [0.15, 0.2) is 0 Å². The minimum Gasteiger partial charge on any atom is -0.387 e. The number of aliphatic hydroxyl groups is 1. The molecule has 5 nitrogen and oxygen atoms in total. The number of rotatable bonds is 11. The molecule has 2 atom stereocenters. The number of pyridine rings is 1. The van der Waals surface area contributed by atoms with Crippen molar-refractivity contribution in [1.29, 1.82) is 0 Å². The maximum Gasteiger partial charge on any atom is 0.433 e. The zero-order chi connectivity index (χ0) is 32.7. The van der Waals surface area contributed by atoms with E-state index in [9.17, 15) is 31.4 Å². The maximum absolute atomic E-state index is 13.6. The van der Waals surface area contributed by atoms with Crippen molar-refractivity contribution in [2.75, 3.05) is 45.8 Å². The summed E-state index contributed by atoms with van der Waals surface area (Å²) in [6.45, 7) is 5.14. The van der Waals surface area contributed by atoms with Crippen LogP contribution < -0.4 is 5.32 Å². The Bertz CT molecular complexity index is 1480. The first-order chi connectivity index (χ1) is 22.0. The number of nitrogens with one attached hydrogen (secondary N) is 1. The van der Waals surface area contributed by atoms with E-state index in [-0.39, 0.29) is 29.4 Å². The van der Waals surface area contributed by atoms with Crippen LogP contribution >= 0.6 is 0 Å². The van der Waals surface area contributed by atoms with Crippen molar-refractivity contribution in [2.45, 2.75) is 43.8 Å². The molecule has 1 aliphatic carbocycles. The summed E-state index contributed by atoms with van der Waals surface area (Å²) in [6, 6.07) is 16.6. The first kappa shape index (κ1) is 33.8. The number of alkyl halides is 6. The van der Waals surface area contributed by atoms with Crippen molar-refractivity contribution in [3.63, 3.8) is 0 Å². The molecule has 0 amide bonds. The van der Waals surface area contributed by atoms with Crippen LogP contribution in [-0.2, 0) is 12.4 Å². The lowest BCUT2D eigenvalue weighted by Gasteiger charge is -2.40. The van der Waals surface area contributed by atoms with E-state index in [0.29, 0.717) is 6.54 Å². The van der Waals surface area contributed by atoms with Gasteiger partial charge in [0.25, 0.3) is 0 Å². The molecule has 0 spiro atoms. The molecule has 1 fully saturated rings. The summed E-state index contributed by atoms with van der Waals surface area (Å²) in [5.74, 6) is 0. The third-order valence-corrected chi connectivity index (χ3v) is 8.42. The number of hydrogen-bond acceptors (Lipinski definition) is 5. The Hall–Kier alpha value is -3.51. The van der Waals surface area contributed by atoms with E-state index in [2.05, 4.69) is 62.6 Å². The topological polar surface area (TPSA) is 51.6 Å². The predicted molar refractivity (Wildman–Crippen MR) is 166 cm³/mol. The average Bonchev–Trinajstić information content (AvgIpc) is 3.05. The van der Waals surface area contributed by atoms with Gasteiger partial charge in [-0.3, -0.25) is 4.90 Å². The Kier molecular flexibility index (Phi) is 11.0. The van der Waals surface area contributed by atoms with E-state index >= 15 is 0 Å². The van der Waals surface area contributed by atoms with Gasteiger partial charge in [-0.05, 0) is 73.3 Å². The summed E-state index contributed by atoms with van der Waals surface area (Å²) >= 11 is 0. The van der Waals surface area contributed by atoms with E-state index in [0.717, 1.165) is 82.3 Å². The van der Waals surface area contributed by atoms with Crippen molar-refractivity contribution < 1.29 is 31.4 Å². The average molecular weight is 645 g/mol. The van der Waals surface area contributed by atoms with Gasteiger partial charge in [-0.1, -0.05) is 60.7 Å². The van der Waals surface area contributed by atoms with Crippen molar-refractivity contribution in [1.82, 2.24) is 20.1 Å². The van der Waals surface area contributed by atoms with Crippen molar-refractivity contribution in [3.05, 3.63) is 113 Å². The van der Waals surface area contributed by atoms with E-state index in [1.165, 1.54) is 17.2 Å². The molecule has 246 valence electrons. The molecule has 2 N–H and O–H groups in total. The minimum absolute atomic E-state index is 0.0168. The van der Waals surface area contributed by atoms with Gasteiger partial charge in [0.2, 0.25) is 0 Å². The number of hydrogen-bond donors (Lipinski definition) is 2. The molecule has 1 saturated heterocycles. The zero-order valence-electron chi connectivity index (χ0n) is 25.4. The highest BCUT2D eigenvalue weighted by Crippen LogP contribution is 2.35. The molecule has 0 bridgehead atoms. The fourth-order valence-electron chi connectivity index (χ4n) is 5.98. The Morgan fingerprint density at radius 2 is 1.54 bits per heavy atom. The van der Waals surface area contributed by atoms with E-state index in [1.807, 2.05) is 6.07 Å². The van der Waals surface area contributed by atoms with Gasteiger partial charge < -0.3 is 15.3 Å². The quantitative estimate of drug-likeness (QED) is 0.168. The Labute approximate surface area is 265 Å². The number of aromatic nitrogens is 1. The molecule has 3 aromatic rings. The van der Waals surface area contributed by atoms with Gasteiger partial charge in [0.05, 0.1) is 23.4 Å². The molecule has 11 heteroatoms. The Balaban J connectivity index is 1.12. The third kappa shape index (κ3) is 8.85. The summed E-state index contributed by atoms with van der Waals surface area (Å²) < 4.78 is 79.7. The van der Waals surface area contributed by atoms with Gasteiger partial charge in [0, 0.05) is 38.3 Å². The maximum atomic E-state index is 13.6. The SMILES string of the molecule is OC(CNCCCN1CCN(C(C2=CCCC=C2)c2ccccc2)CC1)c1cc(-c2ccc(C(F)(F)F)cc2)nc(C(F)(F)F)c1. The van der Waals surface area contributed by atoms with Crippen LogP contribution in [-0.4, -0.2) is 65.7 Å². The number of piperazine rings is 1. The molecule has 1 aliphatic heterocycles. The molecular formula is C35H38F6N4O. The highest BCUT2D eigenvalue weighted by atomic mass is 19.4. The van der Waals surface area contributed by atoms with Gasteiger partial charge >= 0.3 is 12.4 Å². The number of halogens is 6. The summed E-state index contributed by atoms with van der Waals surface area (Å²) in [5, 5.41) is 13.9. The van der Waals surface area contributed by atoms with Crippen molar-refractivity contribution in [3.8, 4) is 11.3 Å². The summed E-state index contributed by atoms with van der Waals surface area (Å²) in [7, 11) is 0. The Morgan fingerprint density at radius 1 is 0.826 bits per heavy atom. The number of benzene rings is 2. The van der Waals surface area contributed by atoms with Gasteiger partial charge in [-0.2, -0.15) is 26.3 Å². The van der Waals surface area contributed by atoms with Crippen molar-refractivity contribution >= 4 is 0 Å². The van der Waals surface area contributed by atoms with Crippen LogP contribution in [0.1, 0.15) is 53.8 Å². The lowest BCUT2D eigenvalue weighted by atomic mass is 9.92. The van der Waals surface area contributed by atoms with E-state index < -0.39 is 29.7 Å². The van der Waals surface area contributed by atoms with Crippen LogP contribution in [0.2, 0.25) is 0 Å². The first-order valence-corrected chi connectivity index (χ1v) is 15.5. The standard InChI is InChI=1S/C35H38F6N4O/c36-34(37,38)29-14-12-25(13-15-29)30-22-28(23-32(43-30)35(39,40)41)31(46)24-42-16-7-17-44-18-20-45(21-19-44)33(26-8-3-1-4-9-26)27-10-5-2-6-11-27/h1,3-5,8-15,22-23,31,33,42,46H,2,6-7,16-21,24H2. The molecule has 1 aromatic heterocycles. The Morgan fingerprint density at radius 3 is 2.17 bits per heavy atom. The second-order valence-electron chi connectivity index (χ2n) is 11.7. The second kappa shape index (κ2) is 14.9. The number of aliphatic hydroxyl groups excluding tert-OH is 1. The van der Waals surface area contributed by atoms with Gasteiger partial charge in [0.1, 0.15) is 5.69 Å². The van der Waals surface area contributed by atoms with Crippen LogP contribution in [0.3, 0.4) is 0 Å². The molecule has 5 rings (SSSR count). The first-order valence-electron chi connectivity index (χ1n) is 15.5. The lowest BCUT2D eigenvalue weighted by Crippen LogP contribution is -2.48. The van der Waals surface area contributed by atoms with Crippen LogP contribution in [0, 0.1) is 0 Å². The highest BCUT2D eigenvalue weighted by molar-refractivity contribution is 5.61. The van der Waals surface area contributed by atoms with Crippen LogP contribution in [0.15, 0.2) is 90.5 Å². The summed E-state index contributed by atoms with van der Waals surface area (Å²) in [5.41, 5.74) is 0.404. The summed E-state index contributed by atoms with van der Waals surface area (Å²) in [4.78, 5) is 8.55. The van der Waals surface area contributed by atoms with Crippen LogP contribution in [0.4, 0.5) is 26.3 Å². The molecule has 2 aromatic carbocycles. The van der Waals surface area contributed by atoms with Crippen LogP contribution in [0.25, 0.3) is 11.3 Å². The summed E-state index contributed by atoms with van der Waals surface area (Å²) in [6.07, 6.45) is -0.868. The fourth-order valence-corrected chi connectivity index (χ4v) is 5.98. The van der Waals surface area contributed by atoms with Crippen molar-refractivity contribution in [2.24, 2.45) is 0 Å². The fraction of sp³-hybridized carbons (Fsp3) is 0.400. The zero-order valence-corrected chi connectivity index (χ0v) is 25.4. The highest BCUT2D eigenvalue weighted by Gasteiger charge is 2.34. The largest absolute Gasteiger partial charge is 0.433 e. The molecule has 0 radical (unpaired) electrons. The van der Waals surface area contributed by atoms with E-state index in [4.69, 9.17) is 0 Å². The molecule has 2 unspecified atom stereocenters. The minimum atomic E-state index is -4.79. The molecule has 46 heavy (non-hydrogen) atoms. The lowest BCUT2D eigenvalue weighted by molar-refractivity contribution is -0.141. The molecule has 0 saturated carbocycles. The van der Waals surface area contributed by atoms with Crippen LogP contribution in [0.5, 0.6) is 0 Å². The predicted octanol–water partition coefficient (Wildman–Crippen LogP) is 7.43. The molecular weight excluding hydrogens is 606 g/mol. The number of nitrogens with zero attached hydrogens (tertiary/aromatic N) is 3. The third-order valence-electron chi connectivity index (χ3n) is 8.42. The smallest absolute Gasteiger partial charge is 0.387 e. The number of allylic oxidation sites excluding steroid dienone is 2. The molecule has 2 aliphatic rings.